The summed E-state index contributed by atoms with van der Waals surface area (Å²) in [4.78, 5) is 0. The van der Waals surface area contributed by atoms with Crippen LogP contribution in [0.25, 0.3) is 0 Å². The van der Waals surface area contributed by atoms with Gasteiger partial charge in [-0.05, 0) is 19.8 Å². The topological polar surface area (TPSA) is 63.0 Å². The van der Waals surface area contributed by atoms with Crippen LogP contribution in [-0.2, 0) is 0 Å². The lowest BCUT2D eigenvalue weighted by atomic mass is 9.91. The van der Waals surface area contributed by atoms with Gasteiger partial charge in [-0.25, -0.2) is 0 Å². The number of rotatable bonds is 0. The Morgan fingerprint density at radius 3 is 0.870 bits per heavy atom. The molecule has 0 bridgehead atoms. The molecule has 0 amide bonds. The van der Waals surface area contributed by atoms with Crippen molar-refractivity contribution in [3.63, 3.8) is 0 Å². The molecule has 0 atom stereocenters. The van der Waals surface area contributed by atoms with E-state index in [0.29, 0.717) is 0 Å². The monoisotopic (exact) mass is 334 g/mol. The molecule has 0 saturated heterocycles. The lowest BCUT2D eigenvalue weighted by Crippen LogP contribution is -1.99. The van der Waals surface area contributed by atoms with Gasteiger partial charge in [-0.15, -0.1) is 0 Å². The number of hydrogen-bond acceptors (Lipinski definition) is 0. The van der Waals surface area contributed by atoms with Gasteiger partial charge in [0.25, 0.3) is 0 Å². The van der Waals surface area contributed by atoms with Gasteiger partial charge in [0.15, 0.2) is 0 Å². The van der Waals surface area contributed by atoms with Crippen LogP contribution in [0.3, 0.4) is 0 Å². The summed E-state index contributed by atoms with van der Waals surface area (Å²) in [6, 6.07) is 0. The van der Waals surface area contributed by atoms with E-state index in [1.807, 2.05) is 53.7 Å². The van der Waals surface area contributed by atoms with Crippen LogP contribution in [0.2, 0.25) is 0 Å². The zero-order valence-corrected chi connectivity index (χ0v) is 17.5. The molecule has 2 fully saturated rings. The molecule has 0 radical (unpaired) electrons. The molecule has 0 aromatic heterocycles. The summed E-state index contributed by atoms with van der Waals surface area (Å²) in [6.07, 6.45) is 20.4. The second-order valence-corrected chi connectivity index (χ2v) is 5.53. The molecule has 4 N–H and O–H groups in total. The fraction of sp³-hybridized carbons (Fsp3) is 0.905. The fourth-order valence-electron chi connectivity index (χ4n) is 2.37. The summed E-state index contributed by atoms with van der Waals surface area (Å²) >= 11 is 0. The molecule has 2 aliphatic rings. The van der Waals surface area contributed by atoms with Crippen molar-refractivity contribution in [2.75, 3.05) is 0 Å². The van der Waals surface area contributed by atoms with Crippen molar-refractivity contribution in [3.05, 3.63) is 12.2 Å². The second-order valence-electron chi connectivity index (χ2n) is 5.53. The average Bonchev–Trinajstić information content (AvgIpc) is 2.61. The Morgan fingerprint density at radius 1 is 0.522 bits per heavy atom. The van der Waals surface area contributed by atoms with Crippen molar-refractivity contribution >= 4 is 0 Å². The lowest BCUT2D eigenvalue weighted by Gasteiger charge is -2.15. The van der Waals surface area contributed by atoms with Crippen molar-refractivity contribution < 1.29 is 11.0 Å². The van der Waals surface area contributed by atoms with Crippen LogP contribution in [0.4, 0.5) is 0 Å². The highest BCUT2D eigenvalue weighted by atomic mass is 16.0. The molecule has 0 aromatic rings. The van der Waals surface area contributed by atoms with Gasteiger partial charge in [0.05, 0.1) is 0 Å². The van der Waals surface area contributed by atoms with Gasteiger partial charge in [-0.3, -0.25) is 0 Å². The van der Waals surface area contributed by atoms with E-state index in [0.717, 1.165) is 5.92 Å². The first kappa shape index (κ1) is 34.1. The van der Waals surface area contributed by atoms with Crippen molar-refractivity contribution in [1.82, 2.24) is 0 Å². The molecule has 2 nitrogen and oxygen atoms in total. The van der Waals surface area contributed by atoms with E-state index in [9.17, 15) is 0 Å². The summed E-state index contributed by atoms with van der Waals surface area (Å²) in [6.45, 7) is 14.4. The Kier molecular flexibility index (Phi) is 55.9. The van der Waals surface area contributed by atoms with E-state index in [1.54, 1.807) is 0 Å². The molecular weight excluding hydrogens is 284 g/mol. The molecule has 2 aliphatic carbocycles. The van der Waals surface area contributed by atoms with Crippen LogP contribution in [-0.4, -0.2) is 11.0 Å². The second kappa shape index (κ2) is 37.7. The van der Waals surface area contributed by atoms with E-state index in [4.69, 9.17) is 0 Å². The maximum absolute atomic E-state index is 2.36. The molecular formula is C21H50O2. The average molecular weight is 335 g/mol. The van der Waals surface area contributed by atoms with E-state index < -0.39 is 0 Å². The van der Waals surface area contributed by atoms with Gasteiger partial charge >= 0.3 is 0 Å². The van der Waals surface area contributed by atoms with Crippen molar-refractivity contribution in [2.45, 2.75) is 119 Å². The van der Waals surface area contributed by atoms with Gasteiger partial charge in [0, 0.05) is 0 Å². The van der Waals surface area contributed by atoms with Crippen LogP contribution < -0.4 is 0 Å². The summed E-state index contributed by atoms with van der Waals surface area (Å²) in [5.41, 5.74) is 0. The minimum Gasteiger partial charge on any atom is -0.412 e. The minimum absolute atomic E-state index is 0. The molecule has 0 heterocycles. The van der Waals surface area contributed by atoms with Gasteiger partial charge in [0.1, 0.15) is 0 Å². The highest BCUT2D eigenvalue weighted by molar-refractivity contribution is 4.68. The first-order chi connectivity index (χ1) is 10.3. The third-order valence-corrected chi connectivity index (χ3v) is 3.73. The fourth-order valence-corrected chi connectivity index (χ4v) is 2.37. The molecule has 146 valence electrons. The predicted octanol–water partition coefficient (Wildman–Crippen LogP) is 6.91. The summed E-state index contributed by atoms with van der Waals surface area (Å²) in [5.74, 6) is 1.04. The Bertz CT molecular complexity index is 142. The van der Waals surface area contributed by atoms with Gasteiger partial charge in [-0.2, -0.15) is 0 Å². The van der Waals surface area contributed by atoms with Gasteiger partial charge in [-0.1, -0.05) is 117 Å². The molecule has 2 heteroatoms. The Hall–Kier alpha value is -0.340. The van der Waals surface area contributed by atoms with Gasteiger partial charge < -0.3 is 11.0 Å². The smallest absolute Gasteiger partial charge is 0.0443 e. The summed E-state index contributed by atoms with van der Waals surface area (Å²) in [5, 5.41) is 0. The Morgan fingerprint density at radius 2 is 0.739 bits per heavy atom. The zero-order chi connectivity index (χ0) is 16.8. The van der Waals surface area contributed by atoms with Crippen molar-refractivity contribution in [1.29, 1.82) is 0 Å². The molecule has 23 heavy (non-hydrogen) atoms. The Balaban J connectivity index is -0.0000000626. The first-order valence-corrected chi connectivity index (χ1v) is 9.88. The predicted molar refractivity (Wildman–Crippen MR) is 110 cm³/mol. The van der Waals surface area contributed by atoms with Crippen LogP contribution >= 0.6 is 0 Å². The maximum atomic E-state index is 2.36. The molecule has 2 rings (SSSR count). The van der Waals surface area contributed by atoms with Crippen molar-refractivity contribution in [2.24, 2.45) is 5.92 Å². The molecule has 0 aromatic carbocycles. The Labute approximate surface area is 148 Å². The summed E-state index contributed by atoms with van der Waals surface area (Å²) in [7, 11) is 0. The van der Waals surface area contributed by atoms with Crippen LogP contribution in [0.1, 0.15) is 119 Å². The highest BCUT2D eigenvalue weighted by Gasteiger charge is 2.05. The third-order valence-electron chi connectivity index (χ3n) is 3.73. The molecule has 0 spiro atoms. The van der Waals surface area contributed by atoms with E-state index in [1.165, 1.54) is 70.6 Å². The number of allylic oxidation sites excluding steroid dienone is 2. The normalized spacial score (nSPS) is 16.1. The molecule has 0 unspecified atom stereocenters. The first-order valence-electron chi connectivity index (χ1n) is 9.88. The lowest BCUT2D eigenvalue weighted by molar-refractivity contribution is 0.385. The standard InChI is InChI=1S/C7H14.C6H12.C4H8.2C2H6.2H2O/c1-7-5-3-2-4-6-7;1-2-4-6-5-3-1;1-3-4-2;2*1-2;;/h7H,2-6H2,1H3;1-6H2;3-4H,1-2H3;2*1-2H3;2*1H2. The summed E-state index contributed by atoms with van der Waals surface area (Å²) < 4.78 is 0. The minimum atomic E-state index is 0. The van der Waals surface area contributed by atoms with E-state index >= 15 is 0 Å². The molecule has 0 aliphatic heterocycles. The van der Waals surface area contributed by atoms with Crippen LogP contribution in [0.15, 0.2) is 12.2 Å². The SMILES string of the molecule is C1CCCCC1.CC.CC.CC1CCCCC1.CC=CC.O.O. The highest BCUT2D eigenvalue weighted by Crippen LogP contribution is 2.22. The number of hydrogen-bond donors (Lipinski definition) is 0. The molecule has 2 saturated carbocycles. The zero-order valence-electron chi connectivity index (χ0n) is 17.5. The van der Waals surface area contributed by atoms with E-state index in [-0.39, 0.29) is 11.0 Å². The largest absolute Gasteiger partial charge is 0.412 e. The van der Waals surface area contributed by atoms with E-state index in [2.05, 4.69) is 6.92 Å². The van der Waals surface area contributed by atoms with Crippen molar-refractivity contribution in [3.8, 4) is 0 Å². The third kappa shape index (κ3) is 39.0. The van der Waals surface area contributed by atoms with Crippen LogP contribution in [0.5, 0.6) is 0 Å². The maximum Gasteiger partial charge on any atom is -0.0443 e. The van der Waals surface area contributed by atoms with Gasteiger partial charge in [0.2, 0.25) is 0 Å². The quantitative estimate of drug-likeness (QED) is 0.432. The van der Waals surface area contributed by atoms with Crippen LogP contribution in [0, 0.1) is 5.92 Å².